The van der Waals surface area contributed by atoms with Crippen molar-refractivity contribution in [2.24, 2.45) is 5.92 Å². The fourth-order valence-electron chi connectivity index (χ4n) is 3.87. The number of morpholine rings is 1. The van der Waals surface area contributed by atoms with Crippen LogP contribution < -0.4 is 5.32 Å². The first-order chi connectivity index (χ1) is 12.7. The van der Waals surface area contributed by atoms with Crippen molar-refractivity contribution in [3.8, 4) is 0 Å². The second-order valence-corrected chi connectivity index (χ2v) is 7.58. The van der Waals surface area contributed by atoms with E-state index in [1.165, 1.54) is 11.1 Å². The van der Waals surface area contributed by atoms with Gasteiger partial charge in [0, 0.05) is 32.1 Å². The van der Waals surface area contributed by atoms with E-state index in [4.69, 9.17) is 4.74 Å². The minimum atomic E-state index is 0.187. The molecule has 0 bridgehead atoms. The number of rotatable bonds is 7. The van der Waals surface area contributed by atoms with Crippen LogP contribution in [0.3, 0.4) is 0 Å². The van der Waals surface area contributed by atoms with E-state index in [-0.39, 0.29) is 11.8 Å². The van der Waals surface area contributed by atoms with Crippen LogP contribution in [0.5, 0.6) is 0 Å². The molecule has 0 aromatic heterocycles. The number of nitrogens with zero attached hydrogens (tertiary/aromatic N) is 2. The molecule has 0 spiro atoms. The number of piperidine rings is 1. The SMILES string of the molecule is Cc1ccccc1CN1CCC(C(=O)NCCCN2CCOCC2)CC1. The summed E-state index contributed by atoms with van der Waals surface area (Å²) in [6.45, 7) is 10.8. The molecule has 3 rings (SSSR count). The third-order valence-electron chi connectivity index (χ3n) is 5.67. The summed E-state index contributed by atoms with van der Waals surface area (Å²) in [5.41, 5.74) is 2.76. The molecule has 0 atom stereocenters. The monoisotopic (exact) mass is 359 g/mol. The molecule has 144 valence electrons. The summed E-state index contributed by atoms with van der Waals surface area (Å²) in [5, 5.41) is 3.15. The van der Waals surface area contributed by atoms with Crippen molar-refractivity contribution < 1.29 is 9.53 Å². The van der Waals surface area contributed by atoms with Gasteiger partial charge >= 0.3 is 0 Å². The number of hydrogen-bond acceptors (Lipinski definition) is 4. The summed E-state index contributed by atoms with van der Waals surface area (Å²) >= 11 is 0. The van der Waals surface area contributed by atoms with Gasteiger partial charge in [0.05, 0.1) is 13.2 Å². The summed E-state index contributed by atoms with van der Waals surface area (Å²) in [7, 11) is 0. The highest BCUT2D eigenvalue weighted by molar-refractivity contribution is 5.78. The quantitative estimate of drug-likeness (QED) is 0.757. The van der Waals surface area contributed by atoms with Crippen LogP contribution in [0.2, 0.25) is 0 Å². The molecule has 0 saturated carbocycles. The number of carbonyl (C=O) groups is 1. The first-order valence-corrected chi connectivity index (χ1v) is 10.1. The molecule has 2 fully saturated rings. The number of benzene rings is 1. The van der Waals surface area contributed by atoms with Crippen molar-refractivity contribution in [3.63, 3.8) is 0 Å². The van der Waals surface area contributed by atoms with Gasteiger partial charge in [0.1, 0.15) is 0 Å². The Morgan fingerprint density at radius 3 is 2.58 bits per heavy atom. The molecule has 1 aromatic carbocycles. The van der Waals surface area contributed by atoms with Crippen LogP contribution in [-0.2, 0) is 16.1 Å². The van der Waals surface area contributed by atoms with Crippen molar-refractivity contribution in [1.29, 1.82) is 0 Å². The maximum Gasteiger partial charge on any atom is 0.223 e. The van der Waals surface area contributed by atoms with Crippen LogP contribution in [0.25, 0.3) is 0 Å². The zero-order valence-electron chi connectivity index (χ0n) is 16.1. The van der Waals surface area contributed by atoms with Crippen LogP contribution in [0.1, 0.15) is 30.4 Å². The zero-order chi connectivity index (χ0) is 18.2. The number of likely N-dealkylation sites (tertiary alicyclic amines) is 1. The predicted molar refractivity (Wildman–Crippen MR) is 104 cm³/mol. The van der Waals surface area contributed by atoms with E-state index in [1.54, 1.807) is 0 Å². The summed E-state index contributed by atoms with van der Waals surface area (Å²) in [5.74, 6) is 0.439. The third-order valence-corrected chi connectivity index (χ3v) is 5.67. The average Bonchev–Trinajstić information content (AvgIpc) is 2.68. The smallest absolute Gasteiger partial charge is 0.223 e. The maximum atomic E-state index is 12.4. The van der Waals surface area contributed by atoms with Crippen molar-refractivity contribution in [2.45, 2.75) is 32.7 Å². The lowest BCUT2D eigenvalue weighted by Gasteiger charge is -2.31. The van der Waals surface area contributed by atoms with Gasteiger partial charge in [-0.25, -0.2) is 0 Å². The number of hydrogen-bond donors (Lipinski definition) is 1. The zero-order valence-corrected chi connectivity index (χ0v) is 16.1. The third kappa shape index (κ3) is 5.79. The lowest BCUT2D eigenvalue weighted by molar-refractivity contribution is -0.126. The molecule has 1 aromatic rings. The van der Waals surface area contributed by atoms with Gasteiger partial charge in [-0.15, -0.1) is 0 Å². The largest absolute Gasteiger partial charge is 0.379 e. The van der Waals surface area contributed by atoms with E-state index in [2.05, 4.69) is 46.3 Å². The average molecular weight is 360 g/mol. The molecule has 1 N–H and O–H groups in total. The molecular weight excluding hydrogens is 326 g/mol. The van der Waals surface area contributed by atoms with Gasteiger partial charge in [-0.3, -0.25) is 14.6 Å². The number of nitrogens with one attached hydrogen (secondary N) is 1. The van der Waals surface area contributed by atoms with Crippen LogP contribution >= 0.6 is 0 Å². The van der Waals surface area contributed by atoms with E-state index in [1.807, 2.05) is 0 Å². The van der Waals surface area contributed by atoms with Crippen molar-refractivity contribution in [3.05, 3.63) is 35.4 Å². The molecule has 0 radical (unpaired) electrons. The molecule has 1 amide bonds. The second kappa shape index (κ2) is 10.0. The lowest BCUT2D eigenvalue weighted by atomic mass is 9.95. The normalized spacial score (nSPS) is 20.2. The molecule has 2 heterocycles. The highest BCUT2D eigenvalue weighted by Crippen LogP contribution is 2.20. The second-order valence-electron chi connectivity index (χ2n) is 7.58. The molecule has 2 saturated heterocycles. The van der Waals surface area contributed by atoms with Gasteiger partial charge in [0.15, 0.2) is 0 Å². The number of ether oxygens (including phenoxy) is 1. The van der Waals surface area contributed by atoms with Gasteiger partial charge < -0.3 is 10.1 Å². The topological polar surface area (TPSA) is 44.8 Å². The predicted octanol–water partition coefficient (Wildman–Crippen LogP) is 2.05. The molecule has 5 nitrogen and oxygen atoms in total. The van der Waals surface area contributed by atoms with Gasteiger partial charge in [0.25, 0.3) is 0 Å². The molecule has 2 aliphatic rings. The Kier molecular flexibility index (Phi) is 7.47. The Morgan fingerprint density at radius 2 is 1.85 bits per heavy atom. The van der Waals surface area contributed by atoms with Crippen molar-refractivity contribution in [1.82, 2.24) is 15.1 Å². The Bertz CT molecular complexity index is 564. The fraction of sp³-hybridized carbons (Fsp3) is 0.667. The Balaban J connectivity index is 1.31. The first-order valence-electron chi connectivity index (χ1n) is 10.1. The van der Waals surface area contributed by atoms with Crippen LogP contribution in [0.4, 0.5) is 0 Å². The highest BCUT2D eigenvalue weighted by atomic mass is 16.5. The van der Waals surface area contributed by atoms with E-state index < -0.39 is 0 Å². The summed E-state index contributed by atoms with van der Waals surface area (Å²) in [6, 6.07) is 8.59. The van der Waals surface area contributed by atoms with Crippen LogP contribution in [0, 0.1) is 12.8 Å². The van der Waals surface area contributed by atoms with E-state index in [0.29, 0.717) is 0 Å². The number of carbonyl (C=O) groups excluding carboxylic acids is 1. The Hall–Kier alpha value is -1.43. The minimum absolute atomic E-state index is 0.187. The highest BCUT2D eigenvalue weighted by Gasteiger charge is 2.24. The summed E-state index contributed by atoms with van der Waals surface area (Å²) < 4.78 is 5.36. The van der Waals surface area contributed by atoms with E-state index in [0.717, 1.165) is 78.3 Å². The number of amides is 1. The summed E-state index contributed by atoms with van der Waals surface area (Å²) in [6.07, 6.45) is 2.97. The van der Waals surface area contributed by atoms with Gasteiger partial charge in [-0.1, -0.05) is 24.3 Å². The molecule has 2 aliphatic heterocycles. The lowest BCUT2D eigenvalue weighted by Crippen LogP contribution is -2.41. The van der Waals surface area contributed by atoms with Crippen LogP contribution in [-0.4, -0.2) is 68.2 Å². The molecule has 0 unspecified atom stereocenters. The molecule has 5 heteroatoms. The van der Waals surface area contributed by atoms with Gasteiger partial charge in [-0.2, -0.15) is 0 Å². The molecule has 26 heavy (non-hydrogen) atoms. The van der Waals surface area contributed by atoms with Gasteiger partial charge in [0.2, 0.25) is 5.91 Å². The van der Waals surface area contributed by atoms with E-state index >= 15 is 0 Å². The van der Waals surface area contributed by atoms with Crippen molar-refractivity contribution >= 4 is 5.91 Å². The van der Waals surface area contributed by atoms with Crippen molar-refractivity contribution in [2.75, 3.05) is 52.5 Å². The van der Waals surface area contributed by atoms with Gasteiger partial charge in [-0.05, 0) is 56.9 Å². The standard InChI is InChI=1S/C21H33N3O2/c1-18-5-2-3-6-20(18)17-24-11-7-19(8-12-24)21(25)22-9-4-10-23-13-15-26-16-14-23/h2-3,5-6,19H,4,7-17H2,1H3,(H,22,25). The van der Waals surface area contributed by atoms with E-state index in [9.17, 15) is 4.79 Å². The number of aryl methyl sites for hydroxylation is 1. The Morgan fingerprint density at radius 1 is 1.12 bits per heavy atom. The first kappa shape index (κ1) is 19.3. The molecule has 0 aliphatic carbocycles. The summed E-state index contributed by atoms with van der Waals surface area (Å²) in [4.78, 5) is 17.3. The minimum Gasteiger partial charge on any atom is -0.379 e. The fourth-order valence-corrected chi connectivity index (χ4v) is 3.87. The Labute approximate surface area is 157 Å². The molecular formula is C21H33N3O2. The van der Waals surface area contributed by atoms with Crippen LogP contribution in [0.15, 0.2) is 24.3 Å². The maximum absolute atomic E-state index is 12.4.